The van der Waals surface area contributed by atoms with Crippen LogP contribution in [0.1, 0.15) is 11.1 Å². The van der Waals surface area contributed by atoms with Gasteiger partial charge in [-0.1, -0.05) is 42.5 Å². The summed E-state index contributed by atoms with van der Waals surface area (Å²) in [6.45, 7) is 0.0509. The van der Waals surface area contributed by atoms with Crippen LogP contribution >= 0.6 is 0 Å². The van der Waals surface area contributed by atoms with Crippen molar-refractivity contribution in [2.24, 2.45) is 0 Å². The third kappa shape index (κ3) is 3.91. The van der Waals surface area contributed by atoms with Crippen molar-refractivity contribution in [3.8, 4) is 5.75 Å². The first-order chi connectivity index (χ1) is 12.6. The molecular formula is C20H18FNO4. The number of amides is 2. The Balaban J connectivity index is 1.76. The molecule has 2 aromatic carbocycles. The molecule has 1 unspecified atom stereocenters. The Morgan fingerprint density at radius 2 is 1.92 bits per heavy atom. The van der Waals surface area contributed by atoms with Gasteiger partial charge in [-0.05, 0) is 35.8 Å². The Labute approximate surface area is 150 Å². The number of cyclic esters (lactones) is 1. The van der Waals surface area contributed by atoms with Crippen LogP contribution in [0.25, 0.3) is 6.08 Å². The lowest BCUT2D eigenvalue weighted by molar-refractivity contribution is -0.126. The highest BCUT2D eigenvalue weighted by Gasteiger charge is 2.39. The fraction of sp³-hybridized carbons (Fsp3) is 0.200. The number of rotatable bonds is 5. The average molecular weight is 355 g/mol. The monoisotopic (exact) mass is 355 g/mol. The van der Waals surface area contributed by atoms with Crippen molar-refractivity contribution < 1.29 is 23.5 Å². The molecule has 2 amide bonds. The molecule has 0 aliphatic carbocycles. The summed E-state index contributed by atoms with van der Waals surface area (Å²) in [6.07, 6.45) is 0.676. The first-order valence-corrected chi connectivity index (χ1v) is 8.14. The molecule has 6 heteroatoms. The van der Waals surface area contributed by atoms with Gasteiger partial charge in [0.25, 0.3) is 5.91 Å². The predicted octanol–water partition coefficient (Wildman–Crippen LogP) is 3.60. The summed E-state index contributed by atoms with van der Waals surface area (Å²) in [6, 6.07) is 15.4. The van der Waals surface area contributed by atoms with E-state index in [9.17, 15) is 14.0 Å². The summed E-state index contributed by atoms with van der Waals surface area (Å²) in [5.41, 5.74) is 1.43. The van der Waals surface area contributed by atoms with Gasteiger partial charge >= 0.3 is 6.09 Å². The number of nitrogens with zero attached hydrogens (tertiary/aromatic N) is 1. The minimum absolute atomic E-state index is 0.0509. The van der Waals surface area contributed by atoms with Gasteiger partial charge in [0, 0.05) is 0 Å². The third-order valence-electron chi connectivity index (χ3n) is 4.11. The first kappa shape index (κ1) is 17.7. The highest BCUT2D eigenvalue weighted by molar-refractivity contribution is 6.04. The third-order valence-corrected chi connectivity index (χ3v) is 4.11. The molecule has 1 saturated heterocycles. The number of ether oxygens (including phenoxy) is 2. The molecule has 134 valence electrons. The zero-order chi connectivity index (χ0) is 18.5. The van der Waals surface area contributed by atoms with Gasteiger partial charge in [0.1, 0.15) is 12.4 Å². The zero-order valence-electron chi connectivity index (χ0n) is 14.2. The van der Waals surface area contributed by atoms with Crippen LogP contribution in [0.15, 0.2) is 60.4 Å². The topological polar surface area (TPSA) is 55.8 Å². The lowest BCUT2D eigenvalue weighted by Crippen LogP contribution is -2.40. The highest BCUT2D eigenvalue weighted by atomic mass is 19.1. The SMILES string of the molecule is COc1ccc(/C=C(\F)C(=O)N2C(=O)OCC2Cc2ccccc2)cc1. The van der Waals surface area contributed by atoms with Gasteiger partial charge in [-0.3, -0.25) is 4.79 Å². The summed E-state index contributed by atoms with van der Waals surface area (Å²) in [4.78, 5) is 25.2. The fourth-order valence-corrected chi connectivity index (χ4v) is 2.77. The van der Waals surface area contributed by atoms with E-state index in [2.05, 4.69) is 0 Å². The molecule has 1 fully saturated rings. The number of hydrogen-bond donors (Lipinski definition) is 0. The highest BCUT2D eigenvalue weighted by Crippen LogP contribution is 2.22. The standard InChI is InChI=1S/C20H18FNO4/c1-25-17-9-7-15(8-10-17)12-18(21)19(23)22-16(13-26-20(22)24)11-14-5-3-2-4-6-14/h2-10,12,16H,11,13H2,1H3/b18-12-. The van der Waals surface area contributed by atoms with Gasteiger partial charge in [-0.25, -0.2) is 14.1 Å². The lowest BCUT2D eigenvalue weighted by atomic mass is 10.1. The van der Waals surface area contributed by atoms with Crippen molar-refractivity contribution >= 4 is 18.1 Å². The molecule has 5 nitrogen and oxygen atoms in total. The number of methoxy groups -OCH3 is 1. The number of hydrogen-bond acceptors (Lipinski definition) is 4. The van der Waals surface area contributed by atoms with Crippen molar-refractivity contribution in [2.75, 3.05) is 13.7 Å². The quantitative estimate of drug-likeness (QED) is 0.769. The maximum absolute atomic E-state index is 14.4. The average Bonchev–Trinajstić information content (AvgIpc) is 3.02. The molecule has 1 aliphatic heterocycles. The predicted molar refractivity (Wildman–Crippen MR) is 94.2 cm³/mol. The minimum Gasteiger partial charge on any atom is -0.497 e. The molecule has 0 aromatic heterocycles. The Morgan fingerprint density at radius 3 is 2.58 bits per heavy atom. The molecule has 0 spiro atoms. The number of halogens is 1. The number of carbonyl (C=O) groups is 2. The molecule has 3 rings (SSSR count). The number of carbonyl (C=O) groups excluding carboxylic acids is 2. The van der Waals surface area contributed by atoms with Gasteiger partial charge in [-0.2, -0.15) is 0 Å². The summed E-state index contributed by atoms with van der Waals surface area (Å²) >= 11 is 0. The second kappa shape index (κ2) is 7.82. The van der Waals surface area contributed by atoms with Gasteiger partial charge in [-0.15, -0.1) is 0 Å². The van der Waals surface area contributed by atoms with Crippen LogP contribution in [0.5, 0.6) is 5.75 Å². The van der Waals surface area contributed by atoms with E-state index in [0.29, 0.717) is 17.7 Å². The van der Waals surface area contributed by atoms with Crippen LogP contribution in [0.2, 0.25) is 0 Å². The van der Waals surface area contributed by atoms with Gasteiger partial charge in [0.05, 0.1) is 13.2 Å². The van der Waals surface area contributed by atoms with E-state index < -0.39 is 23.9 Å². The van der Waals surface area contributed by atoms with Crippen LogP contribution < -0.4 is 4.74 Å². The Morgan fingerprint density at radius 1 is 1.23 bits per heavy atom. The molecule has 0 bridgehead atoms. The molecule has 0 radical (unpaired) electrons. The van der Waals surface area contributed by atoms with Crippen molar-refractivity contribution in [3.63, 3.8) is 0 Å². The number of benzene rings is 2. The van der Waals surface area contributed by atoms with E-state index in [0.717, 1.165) is 16.5 Å². The van der Waals surface area contributed by atoms with Crippen molar-refractivity contribution in [2.45, 2.75) is 12.5 Å². The lowest BCUT2D eigenvalue weighted by Gasteiger charge is -2.18. The van der Waals surface area contributed by atoms with E-state index in [-0.39, 0.29) is 6.61 Å². The molecule has 2 aromatic rings. The first-order valence-electron chi connectivity index (χ1n) is 8.14. The number of imide groups is 1. The van der Waals surface area contributed by atoms with Crippen molar-refractivity contribution in [1.82, 2.24) is 4.90 Å². The van der Waals surface area contributed by atoms with E-state index in [1.165, 1.54) is 7.11 Å². The van der Waals surface area contributed by atoms with Crippen LogP contribution in [-0.2, 0) is 16.0 Å². The van der Waals surface area contributed by atoms with Gasteiger partial charge < -0.3 is 9.47 Å². The summed E-state index contributed by atoms with van der Waals surface area (Å²) < 4.78 is 24.4. The molecule has 0 N–H and O–H groups in total. The van der Waals surface area contributed by atoms with E-state index in [4.69, 9.17) is 9.47 Å². The second-order valence-corrected chi connectivity index (χ2v) is 5.86. The summed E-state index contributed by atoms with van der Waals surface area (Å²) in [7, 11) is 1.53. The van der Waals surface area contributed by atoms with Crippen molar-refractivity contribution in [3.05, 3.63) is 71.6 Å². The van der Waals surface area contributed by atoms with Gasteiger partial charge in [0.2, 0.25) is 0 Å². The molecule has 0 saturated carbocycles. The molecule has 26 heavy (non-hydrogen) atoms. The minimum atomic E-state index is -1.02. The van der Waals surface area contributed by atoms with Crippen LogP contribution in [0, 0.1) is 0 Å². The van der Waals surface area contributed by atoms with Crippen LogP contribution in [-0.4, -0.2) is 36.7 Å². The Kier molecular flexibility index (Phi) is 5.31. The summed E-state index contributed by atoms with van der Waals surface area (Å²) in [5.74, 6) is -1.39. The van der Waals surface area contributed by atoms with Gasteiger partial charge in [0.15, 0.2) is 5.83 Å². The molecule has 1 atom stereocenters. The molecule has 1 heterocycles. The Bertz CT molecular complexity index is 817. The largest absolute Gasteiger partial charge is 0.497 e. The van der Waals surface area contributed by atoms with Crippen molar-refractivity contribution in [1.29, 1.82) is 0 Å². The molecule has 1 aliphatic rings. The van der Waals surface area contributed by atoms with E-state index >= 15 is 0 Å². The van der Waals surface area contributed by atoms with E-state index in [1.807, 2.05) is 30.3 Å². The maximum atomic E-state index is 14.4. The Hall–Kier alpha value is -3.15. The summed E-state index contributed by atoms with van der Waals surface area (Å²) in [5, 5.41) is 0. The van der Waals surface area contributed by atoms with Crippen LogP contribution in [0.3, 0.4) is 0 Å². The second-order valence-electron chi connectivity index (χ2n) is 5.86. The van der Waals surface area contributed by atoms with Crippen LogP contribution in [0.4, 0.5) is 9.18 Å². The maximum Gasteiger partial charge on any atom is 0.417 e. The normalized spacial score (nSPS) is 17.2. The zero-order valence-corrected chi connectivity index (χ0v) is 14.2. The van der Waals surface area contributed by atoms with E-state index in [1.54, 1.807) is 24.3 Å². The fourth-order valence-electron chi connectivity index (χ4n) is 2.77. The molecular weight excluding hydrogens is 337 g/mol. The smallest absolute Gasteiger partial charge is 0.417 e.